The second-order valence-electron chi connectivity index (χ2n) is 3.12. The summed E-state index contributed by atoms with van der Waals surface area (Å²) in [5.74, 6) is 0. The molecule has 0 spiro atoms. The average molecular weight is 248 g/mol. The lowest BCUT2D eigenvalue weighted by atomic mass is 10.4. The van der Waals surface area contributed by atoms with Gasteiger partial charge < -0.3 is 10.3 Å². The van der Waals surface area contributed by atoms with Gasteiger partial charge >= 0.3 is 0 Å². The fourth-order valence-corrected chi connectivity index (χ4v) is 2.22. The second kappa shape index (κ2) is 4.25. The molecule has 0 bridgehead atoms. The summed E-state index contributed by atoms with van der Waals surface area (Å²) in [6.07, 6.45) is 2.80. The van der Waals surface area contributed by atoms with Crippen LogP contribution in [-0.4, -0.2) is 29.0 Å². The van der Waals surface area contributed by atoms with Gasteiger partial charge in [0.15, 0.2) is 5.03 Å². The van der Waals surface area contributed by atoms with Gasteiger partial charge in [-0.3, -0.25) is 0 Å². The Morgan fingerprint density at radius 3 is 2.73 bits per heavy atom. The summed E-state index contributed by atoms with van der Waals surface area (Å²) in [6.45, 7) is 1.57. The number of thiocarbonyl (C=S) groups is 1. The van der Waals surface area contributed by atoms with E-state index in [1.165, 1.54) is 12.5 Å². The Hall–Kier alpha value is -0.990. The molecule has 8 heteroatoms. The van der Waals surface area contributed by atoms with Crippen LogP contribution in [0.5, 0.6) is 0 Å². The molecule has 1 aromatic rings. The highest BCUT2D eigenvalue weighted by molar-refractivity contribution is 7.89. The van der Waals surface area contributed by atoms with Crippen molar-refractivity contribution < 1.29 is 8.42 Å². The van der Waals surface area contributed by atoms with Gasteiger partial charge in [0.2, 0.25) is 0 Å². The van der Waals surface area contributed by atoms with Gasteiger partial charge in [0, 0.05) is 13.2 Å². The summed E-state index contributed by atoms with van der Waals surface area (Å²) in [7, 11) is -1.95. The highest BCUT2D eigenvalue weighted by Gasteiger charge is 2.20. The molecule has 0 aliphatic carbocycles. The van der Waals surface area contributed by atoms with Crippen molar-refractivity contribution in [2.75, 3.05) is 0 Å². The van der Waals surface area contributed by atoms with Crippen LogP contribution in [0, 0.1) is 0 Å². The van der Waals surface area contributed by atoms with Crippen LogP contribution >= 0.6 is 12.2 Å². The van der Waals surface area contributed by atoms with Crippen molar-refractivity contribution >= 4 is 27.2 Å². The van der Waals surface area contributed by atoms with E-state index in [1.54, 1.807) is 18.5 Å². The summed E-state index contributed by atoms with van der Waals surface area (Å²) in [5.41, 5.74) is 5.31. The maximum atomic E-state index is 11.7. The standard InChI is InChI=1S/C7H12N4O2S2/c1-5(7(8)14)10-15(12,13)6-3-11(2)4-9-6/h3-5,10H,1-2H3,(H2,8,14). The van der Waals surface area contributed by atoms with E-state index in [-0.39, 0.29) is 10.0 Å². The summed E-state index contributed by atoms with van der Waals surface area (Å²) in [4.78, 5) is 3.82. The highest BCUT2D eigenvalue weighted by atomic mass is 32.2. The maximum Gasteiger partial charge on any atom is 0.260 e. The predicted molar refractivity (Wildman–Crippen MR) is 59.8 cm³/mol. The number of imidazole rings is 1. The quantitative estimate of drug-likeness (QED) is 0.693. The Morgan fingerprint density at radius 1 is 1.73 bits per heavy atom. The maximum absolute atomic E-state index is 11.7. The molecule has 0 saturated carbocycles. The topological polar surface area (TPSA) is 90.0 Å². The molecule has 1 unspecified atom stereocenters. The van der Waals surface area contributed by atoms with Crippen molar-refractivity contribution in [1.29, 1.82) is 0 Å². The van der Waals surface area contributed by atoms with Crippen LogP contribution in [0.25, 0.3) is 0 Å². The molecule has 1 atom stereocenters. The van der Waals surface area contributed by atoms with Crippen molar-refractivity contribution in [2.45, 2.75) is 18.0 Å². The van der Waals surface area contributed by atoms with Gasteiger partial charge in [-0.05, 0) is 6.92 Å². The van der Waals surface area contributed by atoms with E-state index < -0.39 is 16.1 Å². The molecule has 1 rings (SSSR count). The Balaban J connectivity index is 2.90. The zero-order chi connectivity index (χ0) is 11.6. The Kier molecular flexibility index (Phi) is 3.42. The number of hydrogen-bond donors (Lipinski definition) is 2. The van der Waals surface area contributed by atoms with Crippen LogP contribution in [0.15, 0.2) is 17.6 Å². The van der Waals surface area contributed by atoms with Crippen molar-refractivity contribution in [3.05, 3.63) is 12.5 Å². The third-order valence-corrected chi connectivity index (χ3v) is 3.49. The molecule has 1 aromatic heterocycles. The van der Waals surface area contributed by atoms with Crippen LogP contribution < -0.4 is 10.5 Å². The van der Waals surface area contributed by atoms with Crippen LogP contribution in [0.3, 0.4) is 0 Å². The number of nitrogens with two attached hydrogens (primary N) is 1. The van der Waals surface area contributed by atoms with E-state index in [4.69, 9.17) is 5.73 Å². The Bertz CT molecular complexity index is 465. The fraction of sp³-hybridized carbons (Fsp3) is 0.429. The van der Waals surface area contributed by atoms with E-state index in [0.717, 1.165) is 0 Å². The third kappa shape index (κ3) is 2.98. The number of sulfonamides is 1. The molecule has 1 heterocycles. The number of aryl methyl sites for hydroxylation is 1. The van der Waals surface area contributed by atoms with Crippen molar-refractivity contribution in [1.82, 2.24) is 14.3 Å². The van der Waals surface area contributed by atoms with Crippen LogP contribution in [-0.2, 0) is 17.1 Å². The smallest absolute Gasteiger partial charge is 0.260 e. The molecule has 0 amide bonds. The first-order chi connectivity index (χ1) is 6.83. The van der Waals surface area contributed by atoms with Gasteiger partial charge in [0.05, 0.1) is 17.4 Å². The SMILES string of the molecule is CC(NS(=O)(=O)c1cn(C)cn1)C(N)=S. The van der Waals surface area contributed by atoms with Gasteiger partial charge in [-0.2, -0.15) is 0 Å². The van der Waals surface area contributed by atoms with E-state index in [2.05, 4.69) is 21.9 Å². The summed E-state index contributed by atoms with van der Waals surface area (Å²) in [6, 6.07) is -0.591. The van der Waals surface area contributed by atoms with Gasteiger partial charge in [-0.15, -0.1) is 0 Å². The number of rotatable bonds is 4. The number of hydrogen-bond acceptors (Lipinski definition) is 4. The first-order valence-electron chi connectivity index (χ1n) is 4.12. The monoisotopic (exact) mass is 248 g/mol. The third-order valence-electron chi connectivity index (χ3n) is 1.72. The first kappa shape index (κ1) is 12.1. The predicted octanol–water partition coefficient (Wildman–Crippen LogP) is -0.627. The minimum atomic E-state index is -3.63. The van der Waals surface area contributed by atoms with E-state index in [9.17, 15) is 8.42 Å². The van der Waals surface area contributed by atoms with Crippen molar-refractivity contribution in [3.8, 4) is 0 Å². The molecule has 0 aliphatic heterocycles. The minimum absolute atomic E-state index is 0.0481. The molecule has 15 heavy (non-hydrogen) atoms. The normalized spacial score (nSPS) is 13.7. The Labute approximate surface area is 93.5 Å². The average Bonchev–Trinajstić information content (AvgIpc) is 2.51. The zero-order valence-corrected chi connectivity index (χ0v) is 9.97. The minimum Gasteiger partial charge on any atom is -0.392 e. The summed E-state index contributed by atoms with van der Waals surface area (Å²) in [5, 5.41) is -0.0481. The number of aromatic nitrogens is 2. The summed E-state index contributed by atoms with van der Waals surface area (Å²) >= 11 is 4.67. The lowest BCUT2D eigenvalue weighted by Gasteiger charge is -2.10. The molecule has 6 nitrogen and oxygen atoms in total. The molecule has 0 radical (unpaired) electrons. The van der Waals surface area contributed by atoms with E-state index in [1.807, 2.05) is 0 Å². The molecule has 0 fully saturated rings. The van der Waals surface area contributed by atoms with Crippen LogP contribution in [0.2, 0.25) is 0 Å². The van der Waals surface area contributed by atoms with Crippen molar-refractivity contribution in [2.24, 2.45) is 12.8 Å². The molecular formula is C7H12N4O2S2. The van der Waals surface area contributed by atoms with Gasteiger partial charge in [-0.1, -0.05) is 12.2 Å². The fourth-order valence-electron chi connectivity index (χ4n) is 0.879. The van der Waals surface area contributed by atoms with E-state index in [0.29, 0.717) is 0 Å². The van der Waals surface area contributed by atoms with Gasteiger partial charge in [0.1, 0.15) is 0 Å². The number of nitrogens with one attached hydrogen (secondary N) is 1. The second-order valence-corrected chi connectivity index (χ2v) is 5.25. The van der Waals surface area contributed by atoms with Crippen molar-refractivity contribution in [3.63, 3.8) is 0 Å². The molecule has 0 saturated heterocycles. The lowest BCUT2D eigenvalue weighted by molar-refractivity contribution is 0.575. The number of nitrogens with zero attached hydrogens (tertiary/aromatic N) is 2. The highest BCUT2D eigenvalue weighted by Crippen LogP contribution is 2.04. The van der Waals surface area contributed by atoms with Gasteiger partial charge in [-0.25, -0.2) is 18.1 Å². The lowest BCUT2D eigenvalue weighted by Crippen LogP contribution is -2.41. The molecular weight excluding hydrogens is 236 g/mol. The Morgan fingerprint density at radius 2 is 2.33 bits per heavy atom. The zero-order valence-electron chi connectivity index (χ0n) is 8.34. The summed E-state index contributed by atoms with van der Waals surface area (Å²) < 4.78 is 27.2. The molecule has 3 N–H and O–H groups in total. The molecule has 0 aliphatic rings. The van der Waals surface area contributed by atoms with Crippen LogP contribution in [0.1, 0.15) is 6.92 Å². The van der Waals surface area contributed by atoms with Crippen LogP contribution in [0.4, 0.5) is 0 Å². The van der Waals surface area contributed by atoms with Gasteiger partial charge in [0.25, 0.3) is 10.0 Å². The van der Waals surface area contributed by atoms with E-state index >= 15 is 0 Å². The first-order valence-corrected chi connectivity index (χ1v) is 6.01. The molecule has 84 valence electrons. The molecule has 0 aromatic carbocycles. The largest absolute Gasteiger partial charge is 0.392 e.